The van der Waals surface area contributed by atoms with Crippen LogP contribution >= 0.6 is 0 Å². The number of carbonyl (C=O) groups excluding carboxylic acids is 1. The molecule has 80 valence electrons. The quantitative estimate of drug-likeness (QED) is 0.687. The summed E-state index contributed by atoms with van der Waals surface area (Å²) in [6.07, 6.45) is 1.61. The Kier molecular flexibility index (Phi) is 2.29. The van der Waals surface area contributed by atoms with Crippen LogP contribution in [0.1, 0.15) is 32.3 Å². The van der Waals surface area contributed by atoms with Crippen molar-refractivity contribution in [3.8, 4) is 0 Å². The second-order valence-corrected chi connectivity index (χ2v) is 4.88. The summed E-state index contributed by atoms with van der Waals surface area (Å²) >= 11 is 0. The molecule has 1 aliphatic rings. The highest BCUT2D eigenvalue weighted by atomic mass is 16.2. The van der Waals surface area contributed by atoms with Crippen LogP contribution in [0.25, 0.3) is 0 Å². The van der Waals surface area contributed by atoms with E-state index in [-0.39, 0.29) is 11.4 Å². The van der Waals surface area contributed by atoms with Crippen LogP contribution in [0.5, 0.6) is 0 Å². The highest BCUT2D eigenvalue weighted by Crippen LogP contribution is 2.34. The van der Waals surface area contributed by atoms with E-state index in [0.29, 0.717) is 6.42 Å². The van der Waals surface area contributed by atoms with Crippen molar-refractivity contribution < 1.29 is 4.79 Å². The van der Waals surface area contributed by atoms with E-state index in [2.05, 4.69) is 32.9 Å². The zero-order valence-electron chi connectivity index (χ0n) is 9.58. The lowest BCUT2D eigenvalue weighted by atomic mass is 10.0. The Morgan fingerprint density at radius 1 is 1.20 bits per heavy atom. The Hall–Kier alpha value is -1.31. The monoisotopic (exact) mass is 203 g/mol. The third-order valence-corrected chi connectivity index (χ3v) is 3.10. The van der Waals surface area contributed by atoms with E-state index in [1.807, 2.05) is 17.0 Å². The molecule has 0 atom stereocenters. The minimum Gasteiger partial charge on any atom is -0.307 e. The summed E-state index contributed by atoms with van der Waals surface area (Å²) in [7, 11) is 0. The van der Waals surface area contributed by atoms with Gasteiger partial charge in [0.2, 0.25) is 5.91 Å². The van der Waals surface area contributed by atoms with E-state index < -0.39 is 0 Å². The second kappa shape index (κ2) is 3.37. The number of carbonyl (C=O) groups is 1. The first-order valence-electron chi connectivity index (χ1n) is 5.40. The zero-order chi connectivity index (χ0) is 11.1. The molecule has 0 aromatic heterocycles. The van der Waals surface area contributed by atoms with Crippen LogP contribution in [0.3, 0.4) is 0 Å². The smallest absolute Gasteiger partial charge is 0.227 e. The summed E-state index contributed by atoms with van der Waals surface area (Å²) in [6.45, 7) is 6.30. The molecule has 1 fully saturated rings. The molecule has 1 aliphatic heterocycles. The molecule has 0 saturated carbocycles. The van der Waals surface area contributed by atoms with Gasteiger partial charge in [0.1, 0.15) is 0 Å². The average Bonchev–Trinajstić information content (AvgIpc) is 2.43. The van der Waals surface area contributed by atoms with Crippen LogP contribution in [-0.2, 0) is 4.79 Å². The lowest BCUT2D eigenvalue weighted by molar-refractivity contribution is -0.117. The van der Waals surface area contributed by atoms with E-state index in [4.69, 9.17) is 0 Å². The molecule has 1 saturated heterocycles. The van der Waals surface area contributed by atoms with E-state index in [1.165, 1.54) is 5.56 Å². The molecule has 2 heteroatoms. The predicted molar refractivity (Wildman–Crippen MR) is 62.0 cm³/mol. The van der Waals surface area contributed by atoms with Gasteiger partial charge in [-0.05, 0) is 39.3 Å². The number of nitrogens with zero attached hydrogens (tertiary/aromatic N) is 1. The van der Waals surface area contributed by atoms with E-state index >= 15 is 0 Å². The maximum Gasteiger partial charge on any atom is 0.227 e. The molecule has 1 aromatic rings. The van der Waals surface area contributed by atoms with Gasteiger partial charge in [-0.2, -0.15) is 0 Å². The van der Waals surface area contributed by atoms with Crippen LogP contribution in [0, 0.1) is 6.92 Å². The molecule has 0 aliphatic carbocycles. The Morgan fingerprint density at radius 3 is 2.27 bits per heavy atom. The molecule has 1 heterocycles. The van der Waals surface area contributed by atoms with Crippen molar-refractivity contribution in [3.05, 3.63) is 29.8 Å². The number of hydrogen-bond acceptors (Lipinski definition) is 1. The van der Waals surface area contributed by atoms with E-state index in [1.54, 1.807) is 0 Å². The van der Waals surface area contributed by atoms with Crippen molar-refractivity contribution >= 4 is 11.6 Å². The molecular weight excluding hydrogens is 186 g/mol. The molecule has 1 aromatic carbocycles. The minimum absolute atomic E-state index is 0.0354. The van der Waals surface area contributed by atoms with Gasteiger partial charge < -0.3 is 4.90 Å². The van der Waals surface area contributed by atoms with Gasteiger partial charge in [0, 0.05) is 17.6 Å². The van der Waals surface area contributed by atoms with Crippen molar-refractivity contribution in [2.75, 3.05) is 4.90 Å². The van der Waals surface area contributed by atoms with Crippen LogP contribution in [0.15, 0.2) is 24.3 Å². The first-order valence-corrected chi connectivity index (χ1v) is 5.40. The molecule has 15 heavy (non-hydrogen) atoms. The predicted octanol–water partition coefficient (Wildman–Crippen LogP) is 2.90. The van der Waals surface area contributed by atoms with Crippen LogP contribution in [-0.4, -0.2) is 11.4 Å². The van der Waals surface area contributed by atoms with E-state index in [0.717, 1.165) is 12.1 Å². The van der Waals surface area contributed by atoms with Gasteiger partial charge in [-0.1, -0.05) is 17.7 Å². The molecule has 0 bridgehead atoms. The zero-order valence-corrected chi connectivity index (χ0v) is 9.58. The Labute approximate surface area is 90.9 Å². The van der Waals surface area contributed by atoms with Gasteiger partial charge in [-0.25, -0.2) is 0 Å². The molecule has 0 unspecified atom stereocenters. The van der Waals surface area contributed by atoms with Crippen LogP contribution in [0.2, 0.25) is 0 Å². The van der Waals surface area contributed by atoms with Gasteiger partial charge in [-0.15, -0.1) is 0 Å². The van der Waals surface area contributed by atoms with Gasteiger partial charge in [0.15, 0.2) is 0 Å². The Balaban J connectivity index is 2.37. The Morgan fingerprint density at radius 2 is 1.80 bits per heavy atom. The molecule has 2 nitrogen and oxygen atoms in total. The lowest BCUT2D eigenvalue weighted by Crippen LogP contribution is -2.40. The lowest BCUT2D eigenvalue weighted by Gasteiger charge is -2.31. The fraction of sp³-hybridized carbons (Fsp3) is 0.462. The molecular formula is C13H17NO. The summed E-state index contributed by atoms with van der Waals surface area (Å²) in [5.74, 6) is 0.240. The fourth-order valence-corrected chi connectivity index (χ4v) is 2.16. The summed E-state index contributed by atoms with van der Waals surface area (Å²) < 4.78 is 0. The van der Waals surface area contributed by atoms with Gasteiger partial charge in [0.25, 0.3) is 0 Å². The fourth-order valence-electron chi connectivity index (χ4n) is 2.16. The van der Waals surface area contributed by atoms with Crippen LogP contribution in [0.4, 0.5) is 5.69 Å². The standard InChI is InChI=1S/C13H17NO/c1-10-4-6-11(7-5-10)14-12(15)8-9-13(14,2)3/h4-7H,8-9H2,1-3H3. The number of anilines is 1. The van der Waals surface area contributed by atoms with Crippen molar-refractivity contribution in [1.29, 1.82) is 0 Å². The average molecular weight is 203 g/mol. The topological polar surface area (TPSA) is 20.3 Å². The summed E-state index contributed by atoms with van der Waals surface area (Å²) in [6, 6.07) is 8.16. The summed E-state index contributed by atoms with van der Waals surface area (Å²) in [4.78, 5) is 13.7. The van der Waals surface area contributed by atoms with Gasteiger partial charge in [0.05, 0.1) is 0 Å². The van der Waals surface area contributed by atoms with Gasteiger partial charge in [-0.3, -0.25) is 4.79 Å². The minimum atomic E-state index is -0.0354. The molecule has 1 amide bonds. The molecule has 0 spiro atoms. The first-order chi connectivity index (χ1) is 7.00. The molecule has 0 N–H and O–H groups in total. The van der Waals surface area contributed by atoms with Crippen molar-refractivity contribution in [2.45, 2.75) is 39.2 Å². The van der Waals surface area contributed by atoms with Crippen LogP contribution < -0.4 is 4.90 Å². The van der Waals surface area contributed by atoms with Crippen molar-refractivity contribution in [1.82, 2.24) is 0 Å². The van der Waals surface area contributed by atoms with Crippen molar-refractivity contribution in [3.63, 3.8) is 0 Å². The first kappa shape index (κ1) is 10.2. The summed E-state index contributed by atoms with van der Waals surface area (Å²) in [5, 5.41) is 0. The molecule has 2 rings (SSSR count). The number of amides is 1. The Bertz CT molecular complexity index is 378. The number of rotatable bonds is 1. The van der Waals surface area contributed by atoms with Crippen molar-refractivity contribution in [2.24, 2.45) is 0 Å². The number of aryl methyl sites for hydroxylation is 1. The third-order valence-electron chi connectivity index (χ3n) is 3.10. The maximum atomic E-state index is 11.8. The number of hydrogen-bond donors (Lipinski definition) is 0. The van der Waals surface area contributed by atoms with E-state index in [9.17, 15) is 4.79 Å². The van der Waals surface area contributed by atoms with Gasteiger partial charge >= 0.3 is 0 Å². The highest BCUT2D eigenvalue weighted by molar-refractivity contribution is 5.97. The summed E-state index contributed by atoms with van der Waals surface area (Å²) in [5.41, 5.74) is 2.21. The molecule has 0 radical (unpaired) electrons. The number of benzene rings is 1. The second-order valence-electron chi connectivity index (χ2n) is 4.88. The maximum absolute atomic E-state index is 11.8. The highest BCUT2D eigenvalue weighted by Gasteiger charge is 2.38. The largest absolute Gasteiger partial charge is 0.307 e. The third kappa shape index (κ3) is 1.76. The SMILES string of the molecule is Cc1ccc(N2C(=O)CCC2(C)C)cc1. The normalized spacial score (nSPS) is 19.7.